The third-order valence-corrected chi connectivity index (χ3v) is 4.18. The molecule has 2 rings (SSSR count). The lowest BCUT2D eigenvalue weighted by Gasteiger charge is -2.23. The Labute approximate surface area is 122 Å². The molecule has 3 heteroatoms. The highest BCUT2D eigenvalue weighted by Crippen LogP contribution is 2.29. The van der Waals surface area contributed by atoms with Crippen molar-refractivity contribution < 1.29 is 0 Å². The van der Waals surface area contributed by atoms with Crippen LogP contribution >= 0.6 is 0 Å². The summed E-state index contributed by atoms with van der Waals surface area (Å²) in [6.45, 7) is 7.74. The minimum Gasteiger partial charge on any atom is -0.356 e. The smallest absolute Gasteiger partial charge is 0.191 e. The van der Waals surface area contributed by atoms with Crippen molar-refractivity contribution in [1.82, 2.24) is 10.6 Å². The van der Waals surface area contributed by atoms with Crippen LogP contribution in [0.4, 0.5) is 0 Å². The summed E-state index contributed by atoms with van der Waals surface area (Å²) in [4.78, 5) is 4.32. The van der Waals surface area contributed by atoms with E-state index >= 15 is 0 Å². The van der Waals surface area contributed by atoms with E-state index in [0.717, 1.165) is 18.4 Å². The average molecular weight is 273 g/mol. The molecule has 3 unspecified atom stereocenters. The fraction of sp³-hybridized carbons (Fsp3) is 0.588. The molecule has 20 heavy (non-hydrogen) atoms. The van der Waals surface area contributed by atoms with Gasteiger partial charge in [0.05, 0.1) is 0 Å². The minimum absolute atomic E-state index is 0.506. The number of nitrogens with one attached hydrogen (secondary N) is 2. The highest BCUT2D eigenvalue weighted by atomic mass is 15.2. The molecule has 3 nitrogen and oxygen atoms in total. The van der Waals surface area contributed by atoms with E-state index in [0.29, 0.717) is 17.9 Å². The van der Waals surface area contributed by atoms with Gasteiger partial charge in [0.2, 0.25) is 0 Å². The quantitative estimate of drug-likeness (QED) is 0.639. The molecule has 1 aromatic carbocycles. The number of guanidine groups is 1. The monoisotopic (exact) mass is 273 g/mol. The molecule has 0 saturated heterocycles. The van der Waals surface area contributed by atoms with Gasteiger partial charge >= 0.3 is 0 Å². The van der Waals surface area contributed by atoms with Gasteiger partial charge in [-0.15, -0.1) is 0 Å². The van der Waals surface area contributed by atoms with Crippen LogP contribution in [0, 0.1) is 11.8 Å². The van der Waals surface area contributed by atoms with E-state index in [1.165, 1.54) is 12.0 Å². The third-order valence-electron chi connectivity index (χ3n) is 4.18. The maximum atomic E-state index is 4.32. The van der Waals surface area contributed by atoms with E-state index in [1.807, 2.05) is 7.05 Å². The van der Waals surface area contributed by atoms with Crippen LogP contribution in [-0.4, -0.2) is 25.6 Å². The molecule has 1 fully saturated rings. The molecule has 0 radical (unpaired) electrons. The van der Waals surface area contributed by atoms with Crippen LogP contribution in [0.25, 0.3) is 0 Å². The normalized spacial score (nSPS) is 23.6. The fourth-order valence-electron chi connectivity index (χ4n) is 2.54. The van der Waals surface area contributed by atoms with Crippen molar-refractivity contribution in [3.8, 4) is 0 Å². The zero-order valence-corrected chi connectivity index (χ0v) is 13.1. The Morgan fingerprint density at radius 1 is 1.30 bits per heavy atom. The maximum absolute atomic E-state index is 4.32. The van der Waals surface area contributed by atoms with Crippen molar-refractivity contribution in [3.05, 3.63) is 35.9 Å². The Morgan fingerprint density at radius 3 is 2.45 bits per heavy atom. The van der Waals surface area contributed by atoms with Crippen LogP contribution in [0.2, 0.25) is 0 Å². The van der Waals surface area contributed by atoms with Crippen LogP contribution in [0.3, 0.4) is 0 Å². The summed E-state index contributed by atoms with van der Waals surface area (Å²) in [5, 5.41) is 6.96. The van der Waals surface area contributed by atoms with Crippen LogP contribution < -0.4 is 10.6 Å². The molecule has 3 atom stereocenters. The molecule has 1 aliphatic rings. The first-order valence-electron chi connectivity index (χ1n) is 7.64. The Morgan fingerprint density at radius 2 is 1.95 bits per heavy atom. The van der Waals surface area contributed by atoms with Gasteiger partial charge in [-0.25, -0.2) is 0 Å². The first kappa shape index (κ1) is 14.9. The van der Waals surface area contributed by atoms with Crippen molar-refractivity contribution in [3.63, 3.8) is 0 Å². The van der Waals surface area contributed by atoms with Crippen molar-refractivity contribution in [2.45, 2.75) is 39.2 Å². The van der Waals surface area contributed by atoms with E-state index in [-0.39, 0.29) is 0 Å². The van der Waals surface area contributed by atoms with Crippen LogP contribution in [0.5, 0.6) is 0 Å². The lowest BCUT2D eigenvalue weighted by Crippen LogP contribution is -2.41. The van der Waals surface area contributed by atoms with Gasteiger partial charge in [-0.1, -0.05) is 51.1 Å². The molecule has 110 valence electrons. The van der Waals surface area contributed by atoms with E-state index in [4.69, 9.17) is 0 Å². The summed E-state index contributed by atoms with van der Waals surface area (Å²) < 4.78 is 0. The van der Waals surface area contributed by atoms with Gasteiger partial charge in [0, 0.05) is 25.6 Å². The Bertz CT molecular complexity index is 439. The summed E-state index contributed by atoms with van der Waals surface area (Å²) in [6.07, 6.45) is 1.26. The van der Waals surface area contributed by atoms with Crippen molar-refractivity contribution in [2.24, 2.45) is 16.8 Å². The third kappa shape index (κ3) is 3.99. The van der Waals surface area contributed by atoms with E-state index in [2.05, 4.69) is 66.7 Å². The molecular formula is C17H27N3. The number of nitrogens with zero attached hydrogens (tertiary/aromatic N) is 1. The second-order valence-corrected chi connectivity index (χ2v) is 6.18. The Balaban J connectivity index is 1.91. The standard InChI is InChI=1S/C17H27N3/c1-12(2)15(14-8-6-5-7-9-14)11-19-17(18-4)20-16-10-13(16)3/h5-9,12-13,15-16H,10-11H2,1-4H3,(H2,18,19,20). The zero-order valence-electron chi connectivity index (χ0n) is 13.1. The molecule has 0 amide bonds. The largest absolute Gasteiger partial charge is 0.356 e. The van der Waals surface area contributed by atoms with Gasteiger partial charge in [-0.3, -0.25) is 4.99 Å². The van der Waals surface area contributed by atoms with Crippen LogP contribution in [0.15, 0.2) is 35.3 Å². The SMILES string of the molecule is CN=C(NCC(c1ccccc1)C(C)C)NC1CC1C. The Hall–Kier alpha value is -1.51. The first-order valence-corrected chi connectivity index (χ1v) is 7.64. The van der Waals surface area contributed by atoms with E-state index < -0.39 is 0 Å². The van der Waals surface area contributed by atoms with Crippen molar-refractivity contribution in [1.29, 1.82) is 0 Å². The summed E-state index contributed by atoms with van der Waals surface area (Å²) in [5.74, 6) is 2.82. The van der Waals surface area contributed by atoms with Gasteiger partial charge < -0.3 is 10.6 Å². The lowest BCUT2D eigenvalue weighted by atomic mass is 9.88. The zero-order chi connectivity index (χ0) is 14.5. The number of hydrogen-bond donors (Lipinski definition) is 2. The fourth-order valence-corrected chi connectivity index (χ4v) is 2.54. The summed E-state index contributed by atoms with van der Waals surface area (Å²) in [5.41, 5.74) is 1.39. The van der Waals surface area contributed by atoms with E-state index in [9.17, 15) is 0 Å². The van der Waals surface area contributed by atoms with E-state index in [1.54, 1.807) is 0 Å². The van der Waals surface area contributed by atoms with Gasteiger partial charge in [0.15, 0.2) is 5.96 Å². The van der Waals surface area contributed by atoms with Crippen LogP contribution in [0.1, 0.15) is 38.7 Å². The summed E-state index contributed by atoms with van der Waals surface area (Å²) >= 11 is 0. The van der Waals surface area contributed by atoms with Crippen molar-refractivity contribution >= 4 is 5.96 Å². The second kappa shape index (κ2) is 6.78. The number of hydrogen-bond acceptors (Lipinski definition) is 1. The predicted molar refractivity (Wildman–Crippen MR) is 86.1 cm³/mol. The molecule has 0 bridgehead atoms. The lowest BCUT2D eigenvalue weighted by molar-refractivity contribution is 0.487. The molecule has 1 aromatic rings. The van der Waals surface area contributed by atoms with Crippen LogP contribution in [-0.2, 0) is 0 Å². The van der Waals surface area contributed by atoms with Gasteiger partial charge in [0.1, 0.15) is 0 Å². The van der Waals surface area contributed by atoms with Crippen molar-refractivity contribution in [2.75, 3.05) is 13.6 Å². The predicted octanol–water partition coefficient (Wildman–Crippen LogP) is 3.00. The number of aliphatic imine (C=N–C) groups is 1. The second-order valence-electron chi connectivity index (χ2n) is 6.18. The number of benzene rings is 1. The van der Waals surface area contributed by atoms with Gasteiger partial charge in [0.25, 0.3) is 0 Å². The number of rotatable bonds is 5. The molecule has 2 N–H and O–H groups in total. The molecule has 0 spiro atoms. The topological polar surface area (TPSA) is 36.4 Å². The molecular weight excluding hydrogens is 246 g/mol. The molecule has 0 aliphatic heterocycles. The maximum Gasteiger partial charge on any atom is 0.191 e. The highest BCUT2D eigenvalue weighted by Gasteiger charge is 2.33. The summed E-state index contributed by atoms with van der Waals surface area (Å²) in [6, 6.07) is 11.3. The highest BCUT2D eigenvalue weighted by molar-refractivity contribution is 5.80. The molecule has 1 saturated carbocycles. The molecule has 0 aromatic heterocycles. The minimum atomic E-state index is 0.506. The first-order chi connectivity index (χ1) is 9.61. The van der Waals surface area contributed by atoms with Gasteiger partial charge in [-0.2, -0.15) is 0 Å². The average Bonchev–Trinajstić information content (AvgIpc) is 3.14. The molecule has 0 heterocycles. The summed E-state index contributed by atoms with van der Waals surface area (Å²) in [7, 11) is 1.84. The van der Waals surface area contributed by atoms with Gasteiger partial charge in [-0.05, 0) is 23.8 Å². The molecule has 1 aliphatic carbocycles. The Kier molecular flexibility index (Phi) is 5.05.